The van der Waals surface area contributed by atoms with Gasteiger partial charge in [-0.1, -0.05) is 18.2 Å². The molecule has 4 rings (SSSR count). The van der Waals surface area contributed by atoms with Crippen molar-refractivity contribution in [3.8, 4) is 17.1 Å². The lowest BCUT2D eigenvalue weighted by molar-refractivity contribution is 0.0926. The Morgan fingerprint density at radius 2 is 2.04 bits per heavy atom. The number of para-hydroxylation sites is 1. The molecule has 1 aliphatic heterocycles. The van der Waals surface area contributed by atoms with Crippen LogP contribution in [0, 0.1) is 6.92 Å². The summed E-state index contributed by atoms with van der Waals surface area (Å²) in [6, 6.07) is 14.1. The smallest absolute Gasteiger partial charge is 0.255 e. The Kier molecular flexibility index (Phi) is 6.21. The predicted octanol–water partition coefficient (Wildman–Crippen LogP) is 3.73. The van der Waals surface area contributed by atoms with Crippen LogP contribution in [0.1, 0.15) is 35.9 Å². The van der Waals surface area contributed by atoms with Gasteiger partial charge in [0.05, 0.1) is 11.3 Å². The van der Waals surface area contributed by atoms with Crippen molar-refractivity contribution in [2.45, 2.75) is 38.8 Å². The van der Waals surface area contributed by atoms with E-state index >= 15 is 0 Å². The molecule has 1 saturated heterocycles. The SMILES string of the molecule is Cc1ccc(-c2nn(-c3ccccc3)cc2C(=O)NC2CCNC(C)C2)o1.Cl. The first-order valence-corrected chi connectivity index (χ1v) is 9.36. The van der Waals surface area contributed by atoms with Gasteiger partial charge in [-0.25, -0.2) is 4.68 Å². The van der Waals surface area contributed by atoms with E-state index < -0.39 is 0 Å². The lowest BCUT2D eigenvalue weighted by Gasteiger charge is -2.28. The number of nitrogens with zero attached hydrogens (tertiary/aromatic N) is 2. The monoisotopic (exact) mass is 400 g/mol. The standard InChI is InChI=1S/C21H24N4O2.ClH/c1-14-12-16(10-11-22-14)23-21(26)18-13-25(17-6-4-3-5-7-17)24-20(18)19-9-8-15(2)27-19;/h3-9,13-14,16,22H,10-12H2,1-2H3,(H,23,26);1H. The maximum absolute atomic E-state index is 13.0. The summed E-state index contributed by atoms with van der Waals surface area (Å²) < 4.78 is 7.48. The Morgan fingerprint density at radius 1 is 1.25 bits per heavy atom. The topological polar surface area (TPSA) is 72.1 Å². The second-order valence-electron chi connectivity index (χ2n) is 7.13. The zero-order valence-corrected chi connectivity index (χ0v) is 16.8. The number of benzene rings is 1. The van der Waals surface area contributed by atoms with Crippen molar-refractivity contribution in [3.05, 3.63) is 60.0 Å². The number of hydrogen-bond acceptors (Lipinski definition) is 4. The van der Waals surface area contributed by atoms with E-state index in [0.717, 1.165) is 30.8 Å². The van der Waals surface area contributed by atoms with Crippen LogP contribution in [-0.4, -0.2) is 34.3 Å². The molecule has 0 radical (unpaired) electrons. The van der Waals surface area contributed by atoms with Crippen molar-refractivity contribution in [1.29, 1.82) is 0 Å². The van der Waals surface area contributed by atoms with E-state index in [-0.39, 0.29) is 24.4 Å². The summed E-state index contributed by atoms with van der Waals surface area (Å²) >= 11 is 0. The van der Waals surface area contributed by atoms with Gasteiger partial charge < -0.3 is 15.1 Å². The fourth-order valence-corrected chi connectivity index (χ4v) is 3.52. The zero-order chi connectivity index (χ0) is 18.8. The molecule has 0 saturated carbocycles. The van der Waals surface area contributed by atoms with E-state index in [1.54, 1.807) is 10.9 Å². The summed E-state index contributed by atoms with van der Waals surface area (Å²) in [5, 5.41) is 11.2. The molecular formula is C21H25ClN4O2. The number of amides is 1. The van der Waals surface area contributed by atoms with Crippen LogP contribution in [-0.2, 0) is 0 Å². The summed E-state index contributed by atoms with van der Waals surface area (Å²) in [5.41, 5.74) is 1.99. The van der Waals surface area contributed by atoms with Gasteiger partial charge in [0.1, 0.15) is 11.5 Å². The first-order chi connectivity index (χ1) is 13.1. The number of rotatable bonds is 4. The average molecular weight is 401 g/mol. The van der Waals surface area contributed by atoms with Crippen LogP contribution in [0.4, 0.5) is 0 Å². The Morgan fingerprint density at radius 3 is 2.71 bits per heavy atom. The largest absolute Gasteiger partial charge is 0.460 e. The Bertz CT molecular complexity index is 935. The quantitative estimate of drug-likeness (QED) is 0.699. The maximum Gasteiger partial charge on any atom is 0.255 e. The molecule has 148 valence electrons. The summed E-state index contributed by atoms with van der Waals surface area (Å²) in [7, 11) is 0. The van der Waals surface area contributed by atoms with E-state index in [2.05, 4.69) is 22.7 Å². The first kappa shape index (κ1) is 20.2. The molecule has 1 aliphatic rings. The molecule has 0 bridgehead atoms. The van der Waals surface area contributed by atoms with E-state index in [0.29, 0.717) is 23.1 Å². The van der Waals surface area contributed by atoms with Crippen molar-refractivity contribution in [3.63, 3.8) is 0 Å². The molecule has 1 fully saturated rings. The highest BCUT2D eigenvalue weighted by Gasteiger charge is 2.25. The Balaban J connectivity index is 0.00000225. The predicted molar refractivity (Wildman–Crippen MR) is 111 cm³/mol. The maximum atomic E-state index is 13.0. The van der Waals surface area contributed by atoms with Crippen molar-refractivity contribution >= 4 is 18.3 Å². The van der Waals surface area contributed by atoms with E-state index in [9.17, 15) is 4.79 Å². The number of furan rings is 1. The number of halogens is 1. The number of aryl methyl sites for hydroxylation is 1. The van der Waals surface area contributed by atoms with Crippen LogP contribution in [0.15, 0.2) is 53.1 Å². The molecule has 2 N–H and O–H groups in total. The highest BCUT2D eigenvalue weighted by molar-refractivity contribution is 5.99. The molecule has 6 nitrogen and oxygen atoms in total. The molecule has 7 heteroatoms. The van der Waals surface area contributed by atoms with Gasteiger partial charge in [-0.05, 0) is 57.5 Å². The van der Waals surface area contributed by atoms with Crippen molar-refractivity contribution in [2.24, 2.45) is 0 Å². The lowest BCUT2D eigenvalue weighted by atomic mass is 10.0. The lowest BCUT2D eigenvalue weighted by Crippen LogP contribution is -2.46. The van der Waals surface area contributed by atoms with E-state index in [4.69, 9.17) is 4.42 Å². The van der Waals surface area contributed by atoms with Gasteiger partial charge >= 0.3 is 0 Å². The molecule has 0 spiro atoms. The molecular weight excluding hydrogens is 376 g/mol. The van der Waals surface area contributed by atoms with Crippen molar-refractivity contribution < 1.29 is 9.21 Å². The normalized spacial score (nSPS) is 19.1. The van der Waals surface area contributed by atoms with Gasteiger partial charge in [-0.3, -0.25) is 4.79 Å². The highest BCUT2D eigenvalue weighted by atomic mass is 35.5. The molecule has 28 heavy (non-hydrogen) atoms. The summed E-state index contributed by atoms with van der Waals surface area (Å²) in [5.74, 6) is 1.28. The van der Waals surface area contributed by atoms with Gasteiger partial charge in [0.15, 0.2) is 5.76 Å². The van der Waals surface area contributed by atoms with Crippen LogP contribution >= 0.6 is 12.4 Å². The van der Waals surface area contributed by atoms with Gasteiger partial charge in [0.25, 0.3) is 5.91 Å². The molecule has 3 heterocycles. The number of carbonyl (C=O) groups excluding carboxylic acids is 1. The van der Waals surface area contributed by atoms with Crippen LogP contribution in [0.5, 0.6) is 0 Å². The fraction of sp³-hybridized carbons (Fsp3) is 0.333. The van der Waals surface area contributed by atoms with Gasteiger partial charge in [-0.15, -0.1) is 12.4 Å². The van der Waals surface area contributed by atoms with Crippen LogP contribution in [0.2, 0.25) is 0 Å². The third-order valence-corrected chi connectivity index (χ3v) is 4.91. The average Bonchev–Trinajstić information content (AvgIpc) is 3.29. The van der Waals surface area contributed by atoms with E-state index in [1.807, 2.05) is 49.4 Å². The van der Waals surface area contributed by atoms with Crippen molar-refractivity contribution in [2.75, 3.05) is 6.54 Å². The summed E-state index contributed by atoms with van der Waals surface area (Å²) in [4.78, 5) is 13.0. The Hall–Kier alpha value is -2.57. The minimum absolute atomic E-state index is 0. The molecule has 2 atom stereocenters. The number of aromatic nitrogens is 2. The minimum Gasteiger partial charge on any atom is -0.460 e. The summed E-state index contributed by atoms with van der Waals surface area (Å²) in [6.45, 7) is 4.94. The summed E-state index contributed by atoms with van der Waals surface area (Å²) in [6.07, 6.45) is 3.63. The molecule has 2 unspecified atom stereocenters. The van der Waals surface area contributed by atoms with Gasteiger partial charge in [0, 0.05) is 18.3 Å². The van der Waals surface area contributed by atoms with Crippen LogP contribution in [0.25, 0.3) is 17.1 Å². The number of hydrogen-bond donors (Lipinski definition) is 2. The third kappa shape index (κ3) is 4.29. The highest BCUT2D eigenvalue weighted by Crippen LogP contribution is 2.26. The zero-order valence-electron chi connectivity index (χ0n) is 16.0. The molecule has 3 aromatic rings. The molecule has 2 aromatic heterocycles. The minimum atomic E-state index is -0.111. The second-order valence-corrected chi connectivity index (χ2v) is 7.13. The molecule has 0 aliphatic carbocycles. The number of carbonyl (C=O) groups is 1. The molecule has 1 amide bonds. The molecule has 1 aromatic carbocycles. The number of nitrogens with one attached hydrogen (secondary N) is 2. The van der Waals surface area contributed by atoms with Crippen LogP contribution < -0.4 is 10.6 Å². The first-order valence-electron chi connectivity index (χ1n) is 9.36. The fourth-order valence-electron chi connectivity index (χ4n) is 3.52. The van der Waals surface area contributed by atoms with Crippen LogP contribution in [0.3, 0.4) is 0 Å². The number of piperidine rings is 1. The Labute approximate surface area is 170 Å². The van der Waals surface area contributed by atoms with Crippen molar-refractivity contribution in [1.82, 2.24) is 20.4 Å². The van der Waals surface area contributed by atoms with Gasteiger partial charge in [0.2, 0.25) is 0 Å². The van der Waals surface area contributed by atoms with Gasteiger partial charge in [-0.2, -0.15) is 5.10 Å². The second kappa shape index (κ2) is 8.63. The van der Waals surface area contributed by atoms with E-state index in [1.165, 1.54) is 0 Å². The third-order valence-electron chi connectivity index (χ3n) is 4.91.